The van der Waals surface area contributed by atoms with Crippen LogP contribution in [-0.4, -0.2) is 34.4 Å². The van der Waals surface area contributed by atoms with Gasteiger partial charge in [0.05, 0.1) is 10.2 Å². The Morgan fingerprint density at radius 3 is 3.03 bits per heavy atom. The van der Waals surface area contributed by atoms with Gasteiger partial charge in [0.1, 0.15) is 15.8 Å². The quantitative estimate of drug-likeness (QED) is 0.458. The average Bonchev–Trinajstić information content (AvgIpc) is 3.27. The van der Waals surface area contributed by atoms with Crippen molar-refractivity contribution in [1.82, 2.24) is 14.7 Å². The first-order valence-corrected chi connectivity index (χ1v) is 12.1. The molecule has 0 fully saturated rings. The molecule has 30 heavy (non-hydrogen) atoms. The molecular formula is C21H24ClFN4OS2. The summed E-state index contributed by atoms with van der Waals surface area (Å²) in [6.07, 6.45) is 2.22. The van der Waals surface area contributed by atoms with Gasteiger partial charge in [-0.25, -0.2) is 13.8 Å². The molecule has 0 unspecified atom stereocenters. The van der Waals surface area contributed by atoms with Crippen LogP contribution >= 0.6 is 34.5 Å². The van der Waals surface area contributed by atoms with Gasteiger partial charge in [-0.2, -0.15) is 0 Å². The van der Waals surface area contributed by atoms with Gasteiger partial charge in [-0.15, -0.1) is 22.7 Å². The van der Waals surface area contributed by atoms with Crippen LogP contribution in [0.2, 0.25) is 0 Å². The number of carbonyl (C=O) groups excluding carboxylic acids is 1. The fraction of sp³-hybridized carbons (Fsp3) is 0.429. The molecule has 1 aliphatic heterocycles. The zero-order valence-corrected chi connectivity index (χ0v) is 19.3. The van der Waals surface area contributed by atoms with Crippen LogP contribution in [0.1, 0.15) is 37.1 Å². The number of hydrogen-bond acceptors (Lipinski definition) is 6. The number of anilines is 1. The second kappa shape index (κ2) is 9.28. The van der Waals surface area contributed by atoms with E-state index in [1.807, 2.05) is 0 Å². The van der Waals surface area contributed by atoms with Gasteiger partial charge in [-0.3, -0.25) is 4.79 Å². The predicted octanol–water partition coefficient (Wildman–Crippen LogP) is 5.39. The molecule has 4 rings (SSSR count). The van der Waals surface area contributed by atoms with Crippen molar-refractivity contribution < 1.29 is 9.18 Å². The summed E-state index contributed by atoms with van der Waals surface area (Å²) in [6.45, 7) is 6.24. The summed E-state index contributed by atoms with van der Waals surface area (Å²) in [7, 11) is 0. The Labute approximate surface area is 188 Å². The first-order valence-electron chi connectivity index (χ1n) is 10.1. The number of carbonyl (C=O) groups is 1. The van der Waals surface area contributed by atoms with Crippen LogP contribution in [0.3, 0.4) is 0 Å². The minimum Gasteiger partial charge on any atom is -0.317 e. The molecule has 0 saturated carbocycles. The van der Waals surface area contributed by atoms with Crippen LogP contribution < -0.4 is 10.6 Å². The molecule has 2 N–H and O–H groups in total. The lowest BCUT2D eigenvalue weighted by Gasteiger charge is -2.19. The third-order valence-electron chi connectivity index (χ3n) is 5.28. The van der Waals surface area contributed by atoms with Gasteiger partial charge in [0.15, 0.2) is 0 Å². The summed E-state index contributed by atoms with van der Waals surface area (Å²) in [5, 5.41) is 8.06. The highest BCUT2D eigenvalue weighted by atomic mass is 35.5. The molecule has 1 aromatic carbocycles. The normalized spacial score (nSPS) is 15.3. The zero-order chi connectivity index (χ0) is 21.3. The number of aromatic nitrogens is 1. The molecule has 0 spiro atoms. The van der Waals surface area contributed by atoms with E-state index in [1.54, 1.807) is 21.8 Å². The predicted molar refractivity (Wildman–Crippen MR) is 124 cm³/mol. The van der Waals surface area contributed by atoms with Gasteiger partial charge < -0.3 is 10.6 Å². The first-order chi connectivity index (χ1) is 14.4. The van der Waals surface area contributed by atoms with Gasteiger partial charge in [0.25, 0.3) is 0 Å². The minimum absolute atomic E-state index is 0.0273. The molecule has 160 valence electrons. The highest BCUT2D eigenvalue weighted by Gasteiger charge is 2.27. The lowest BCUT2D eigenvalue weighted by atomic mass is 10.0. The maximum absolute atomic E-state index is 13.6. The molecule has 1 aliphatic rings. The average molecular weight is 467 g/mol. The van der Waals surface area contributed by atoms with Crippen molar-refractivity contribution >= 4 is 55.6 Å². The monoisotopic (exact) mass is 466 g/mol. The van der Waals surface area contributed by atoms with Gasteiger partial charge in [0, 0.05) is 48.6 Å². The molecule has 5 nitrogen and oxygen atoms in total. The third kappa shape index (κ3) is 4.68. The van der Waals surface area contributed by atoms with Crippen molar-refractivity contribution in [2.24, 2.45) is 0 Å². The first kappa shape index (κ1) is 21.6. The Morgan fingerprint density at radius 2 is 2.23 bits per heavy atom. The molecular weight excluding hydrogens is 443 g/mol. The molecule has 0 radical (unpaired) electrons. The summed E-state index contributed by atoms with van der Waals surface area (Å²) in [5.41, 5.74) is 2.79. The third-order valence-corrected chi connectivity index (χ3v) is 7.76. The second-order valence-electron chi connectivity index (χ2n) is 7.49. The van der Waals surface area contributed by atoms with Gasteiger partial charge in [-0.05, 0) is 49.2 Å². The maximum Gasteiger partial charge on any atom is 0.226 e. The number of thiazole rings is 1. The van der Waals surface area contributed by atoms with Crippen LogP contribution in [0.15, 0.2) is 18.2 Å². The van der Waals surface area contributed by atoms with Crippen LogP contribution in [0.25, 0.3) is 20.8 Å². The Morgan fingerprint density at radius 1 is 1.40 bits per heavy atom. The van der Waals surface area contributed by atoms with Crippen molar-refractivity contribution in [3.8, 4) is 10.6 Å². The van der Waals surface area contributed by atoms with Crippen LogP contribution in [0, 0.1) is 5.82 Å². The molecule has 0 saturated heterocycles. The number of thiophene rings is 1. The second-order valence-corrected chi connectivity index (χ2v) is 10.1. The Hall–Kier alpha value is -1.58. The van der Waals surface area contributed by atoms with E-state index in [0.29, 0.717) is 31.1 Å². The van der Waals surface area contributed by atoms with Gasteiger partial charge >= 0.3 is 0 Å². The van der Waals surface area contributed by atoms with E-state index in [4.69, 9.17) is 11.8 Å². The molecule has 1 amide bonds. The maximum atomic E-state index is 13.6. The summed E-state index contributed by atoms with van der Waals surface area (Å²) < 4.78 is 16.3. The molecule has 9 heteroatoms. The van der Waals surface area contributed by atoms with Crippen LogP contribution in [0.5, 0.6) is 0 Å². The number of nitrogens with one attached hydrogen (secondary N) is 2. The summed E-state index contributed by atoms with van der Waals surface area (Å²) >= 11 is 9.32. The fourth-order valence-electron chi connectivity index (χ4n) is 3.46. The molecule has 1 atom stereocenters. The topological polar surface area (TPSA) is 57.3 Å². The summed E-state index contributed by atoms with van der Waals surface area (Å²) in [6, 6.07) is 5.05. The fourth-order valence-corrected chi connectivity index (χ4v) is 6.10. The highest BCUT2D eigenvalue weighted by Crippen LogP contribution is 2.45. The van der Waals surface area contributed by atoms with E-state index in [0.717, 1.165) is 44.5 Å². The Kier molecular flexibility index (Phi) is 6.69. The van der Waals surface area contributed by atoms with E-state index >= 15 is 0 Å². The molecule has 0 aliphatic carbocycles. The number of hydrogen-bond donors (Lipinski definition) is 2. The molecule has 3 aromatic rings. The number of halogens is 2. The van der Waals surface area contributed by atoms with Gasteiger partial charge in [-0.1, -0.05) is 6.92 Å². The van der Waals surface area contributed by atoms with Crippen LogP contribution in [0.4, 0.5) is 9.39 Å². The number of fused-ring (bicyclic) bond motifs is 2. The largest absolute Gasteiger partial charge is 0.317 e. The number of amides is 1. The van der Waals surface area contributed by atoms with E-state index in [2.05, 4.69) is 29.5 Å². The molecule has 3 heterocycles. The molecule has 2 aromatic heterocycles. The van der Waals surface area contributed by atoms with E-state index in [1.165, 1.54) is 29.0 Å². The summed E-state index contributed by atoms with van der Waals surface area (Å²) in [5.74, 6) is -0.327. The van der Waals surface area contributed by atoms with Crippen LogP contribution in [-0.2, 0) is 17.8 Å². The van der Waals surface area contributed by atoms with Gasteiger partial charge in [0.2, 0.25) is 5.91 Å². The van der Waals surface area contributed by atoms with E-state index in [9.17, 15) is 9.18 Å². The number of rotatable bonds is 7. The lowest BCUT2D eigenvalue weighted by molar-refractivity contribution is -0.116. The van der Waals surface area contributed by atoms with E-state index in [-0.39, 0.29) is 11.7 Å². The van der Waals surface area contributed by atoms with Crippen molar-refractivity contribution in [2.75, 3.05) is 18.4 Å². The van der Waals surface area contributed by atoms with E-state index < -0.39 is 0 Å². The highest BCUT2D eigenvalue weighted by molar-refractivity contribution is 7.22. The van der Waals surface area contributed by atoms with Crippen molar-refractivity contribution in [1.29, 1.82) is 0 Å². The number of nitrogens with zero attached hydrogens (tertiary/aromatic N) is 2. The molecule has 0 bridgehead atoms. The van der Waals surface area contributed by atoms with Crippen molar-refractivity contribution in [3.63, 3.8) is 0 Å². The standard InChI is InChI=1S/C21H24ClFN4OS2/c1-3-12(2)24-8-6-18(28)26-21-19(14-7-9-27(22)11-17(14)30-21)20-25-15-10-13(23)4-5-16(15)29-20/h4-5,10,12,24H,3,6-9,11H2,1-2H3,(H,26,28)/t12-/m0/s1. The minimum atomic E-state index is -0.299. The Bertz CT molecular complexity index is 1070. The smallest absolute Gasteiger partial charge is 0.226 e. The zero-order valence-electron chi connectivity index (χ0n) is 16.9. The lowest BCUT2D eigenvalue weighted by Crippen LogP contribution is -2.28. The summed E-state index contributed by atoms with van der Waals surface area (Å²) in [4.78, 5) is 18.4. The SMILES string of the molecule is CC[C@H](C)NCCC(=O)Nc1sc2c(c1-c1nc3cc(F)ccc3s1)CCN(Cl)C2. The number of benzene rings is 1. The van der Waals surface area contributed by atoms with Crippen molar-refractivity contribution in [2.45, 2.75) is 45.7 Å². The Balaban J connectivity index is 1.63. The van der Waals surface area contributed by atoms with Crippen molar-refractivity contribution in [3.05, 3.63) is 34.5 Å².